The SMILES string of the molecule is CC1=C[C@@H]2C[C@@H]1[C@@H]1C(=O)N(c3ccc(C(=O)OCc4c(Cl)cccc4Cl)cc3)C(=O)[C@H]12. The predicted molar refractivity (Wildman–Crippen MR) is 117 cm³/mol. The highest BCUT2D eigenvalue weighted by atomic mass is 35.5. The second-order valence-corrected chi connectivity index (χ2v) is 9.12. The summed E-state index contributed by atoms with van der Waals surface area (Å²) < 4.78 is 5.33. The van der Waals surface area contributed by atoms with E-state index in [1.807, 2.05) is 6.92 Å². The minimum absolute atomic E-state index is 0.0549. The lowest BCUT2D eigenvalue weighted by Crippen LogP contribution is -2.32. The van der Waals surface area contributed by atoms with Gasteiger partial charge in [-0.3, -0.25) is 14.5 Å². The van der Waals surface area contributed by atoms with E-state index in [4.69, 9.17) is 27.9 Å². The van der Waals surface area contributed by atoms with Crippen molar-refractivity contribution in [1.82, 2.24) is 0 Å². The third-order valence-electron chi connectivity index (χ3n) is 6.65. The zero-order chi connectivity index (χ0) is 21.9. The van der Waals surface area contributed by atoms with Gasteiger partial charge in [0.1, 0.15) is 6.61 Å². The molecule has 0 aromatic heterocycles. The lowest BCUT2D eigenvalue weighted by Gasteiger charge is -2.19. The van der Waals surface area contributed by atoms with Gasteiger partial charge in [-0.2, -0.15) is 0 Å². The van der Waals surface area contributed by atoms with Crippen LogP contribution in [0.1, 0.15) is 29.3 Å². The molecule has 2 amide bonds. The number of carbonyl (C=O) groups excluding carboxylic acids is 3. The second kappa shape index (κ2) is 7.50. The van der Waals surface area contributed by atoms with Crippen LogP contribution in [0.15, 0.2) is 54.1 Å². The van der Waals surface area contributed by atoms with Crippen molar-refractivity contribution in [3.63, 3.8) is 0 Å². The van der Waals surface area contributed by atoms with Crippen LogP contribution in [0.4, 0.5) is 5.69 Å². The topological polar surface area (TPSA) is 63.7 Å². The standard InChI is InChI=1S/C24H19Cl2NO4/c1-12-9-14-10-16(12)21-20(14)22(28)27(23(21)29)15-7-5-13(6-8-15)24(30)31-11-17-18(25)3-2-4-19(17)26/h2-9,14,16,20-21H,10-11H2,1H3/t14-,16+,20+,21+/m1/s1. The number of halogens is 2. The van der Waals surface area contributed by atoms with E-state index in [-0.39, 0.29) is 42.1 Å². The Morgan fingerprint density at radius 1 is 1.03 bits per heavy atom. The van der Waals surface area contributed by atoms with Crippen LogP contribution in [0.2, 0.25) is 10.0 Å². The molecule has 2 fully saturated rings. The van der Waals surface area contributed by atoms with Crippen molar-refractivity contribution in [2.75, 3.05) is 4.90 Å². The Bertz CT molecular complexity index is 1120. The third-order valence-corrected chi connectivity index (χ3v) is 7.36. The van der Waals surface area contributed by atoms with Crippen molar-refractivity contribution >= 4 is 46.7 Å². The van der Waals surface area contributed by atoms with Crippen LogP contribution in [0.3, 0.4) is 0 Å². The molecule has 3 aliphatic rings. The van der Waals surface area contributed by atoms with Crippen LogP contribution >= 0.6 is 23.2 Å². The smallest absolute Gasteiger partial charge is 0.338 e. The molecule has 4 atom stereocenters. The molecule has 1 saturated heterocycles. The third kappa shape index (κ3) is 3.19. The van der Waals surface area contributed by atoms with E-state index in [1.54, 1.807) is 42.5 Å². The Labute approximate surface area is 189 Å². The number of esters is 1. The number of ether oxygens (including phenoxy) is 1. The highest BCUT2D eigenvalue weighted by Gasteiger charge is 2.60. The number of nitrogens with zero attached hydrogens (tertiary/aromatic N) is 1. The first-order chi connectivity index (χ1) is 14.9. The fourth-order valence-corrected chi connectivity index (χ4v) is 5.67. The van der Waals surface area contributed by atoms with E-state index in [0.29, 0.717) is 26.9 Å². The van der Waals surface area contributed by atoms with Gasteiger partial charge < -0.3 is 4.74 Å². The molecule has 5 rings (SSSR count). The van der Waals surface area contributed by atoms with Gasteiger partial charge in [-0.15, -0.1) is 0 Å². The number of anilines is 1. The molecule has 0 unspecified atom stereocenters. The van der Waals surface area contributed by atoms with Gasteiger partial charge in [0.25, 0.3) is 0 Å². The molecule has 2 aliphatic carbocycles. The number of carbonyl (C=O) groups is 3. The molecular formula is C24H19Cl2NO4. The minimum atomic E-state index is -0.545. The molecule has 1 saturated carbocycles. The highest BCUT2D eigenvalue weighted by Crippen LogP contribution is 2.55. The van der Waals surface area contributed by atoms with Crippen LogP contribution in [-0.4, -0.2) is 17.8 Å². The molecule has 2 aromatic carbocycles. The van der Waals surface area contributed by atoms with Gasteiger partial charge in [0, 0.05) is 15.6 Å². The van der Waals surface area contributed by atoms with Crippen LogP contribution in [0.25, 0.3) is 0 Å². The zero-order valence-corrected chi connectivity index (χ0v) is 18.2. The summed E-state index contributed by atoms with van der Waals surface area (Å²) >= 11 is 12.2. The Morgan fingerprint density at radius 3 is 2.35 bits per heavy atom. The van der Waals surface area contributed by atoms with Crippen LogP contribution < -0.4 is 4.90 Å². The zero-order valence-electron chi connectivity index (χ0n) is 16.7. The molecule has 0 N–H and O–H groups in total. The van der Waals surface area contributed by atoms with Gasteiger partial charge in [0.15, 0.2) is 0 Å². The van der Waals surface area contributed by atoms with Crippen molar-refractivity contribution in [3.05, 3.63) is 75.3 Å². The summed E-state index contributed by atoms with van der Waals surface area (Å²) in [6.45, 7) is 1.98. The van der Waals surface area contributed by atoms with Crippen molar-refractivity contribution < 1.29 is 19.1 Å². The molecule has 0 spiro atoms. The van der Waals surface area contributed by atoms with E-state index in [1.165, 1.54) is 10.5 Å². The van der Waals surface area contributed by atoms with Gasteiger partial charge in [-0.1, -0.05) is 40.9 Å². The first kappa shape index (κ1) is 20.3. The number of imide groups is 1. The van der Waals surface area contributed by atoms with Crippen LogP contribution in [0, 0.1) is 23.7 Å². The Morgan fingerprint density at radius 2 is 1.68 bits per heavy atom. The quantitative estimate of drug-likeness (QED) is 0.367. The van der Waals surface area contributed by atoms with Gasteiger partial charge in [-0.25, -0.2) is 4.79 Å². The number of allylic oxidation sites excluding steroid dienone is 2. The number of rotatable bonds is 4. The molecule has 158 valence electrons. The summed E-state index contributed by atoms with van der Waals surface area (Å²) in [7, 11) is 0. The average Bonchev–Trinajstić information content (AvgIpc) is 3.38. The summed E-state index contributed by atoms with van der Waals surface area (Å²) in [5.74, 6) is -1.02. The van der Waals surface area contributed by atoms with Crippen LogP contribution in [0.5, 0.6) is 0 Å². The molecule has 31 heavy (non-hydrogen) atoms. The van der Waals surface area contributed by atoms with E-state index >= 15 is 0 Å². The van der Waals surface area contributed by atoms with Crippen LogP contribution in [-0.2, 0) is 20.9 Å². The maximum atomic E-state index is 13.0. The van der Waals surface area contributed by atoms with E-state index in [9.17, 15) is 14.4 Å². The summed E-state index contributed by atoms with van der Waals surface area (Å²) in [6.07, 6.45) is 3.04. The number of hydrogen-bond donors (Lipinski definition) is 0. The molecule has 7 heteroatoms. The lowest BCUT2D eigenvalue weighted by molar-refractivity contribution is -0.123. The highest BCUT2D eigenvalue weighted by molar-refractivity contribution is 6.36. The van der Waals surface area contributed by atoms with Crippen molar-refractivity contribution in [1.29, 1.82) is 0 Å². The van der Waals surface area contributed by atoms with Crippen molar-refractivity contribution in [2.45, 2.75) is 20.0 Å². The van der Waals surface area contributed by atoms with Crippen molar-refractivity contribution in [3.8, 4) is 0 Å². The number of benzene rings is 2. The Balaban J connectivity index is 1.30. The van der Waals surface area contributed by atoms with Crippen molar-refractivity contribution in [2.24, 2.45) is 23.7 Å². The Kier molecular flexibility index (Phi) is 4.91. The fourth-order valence-electron chi connectivity index (χ4n) is 5.17. The molecule has 5 nitrogen and oxygen atoms in total. The lowest BCUT2D eigenvalue weighted by atomic mass is 9.82. The molecule has 1 heterocycles. The van der Waals surface area contributed by atoms with Gasteiger partial charge in [0.05, 0.1) is 23.1 Å². The summed E-state index contributed by atoms with van der Waals surface area (Å²) in [4.78, 5) is 39.7. The Hall–Kier alpha value is -2.63. The van der Waals surface area contributed by atoms with E-state index in [2.05, 4.69) is 6.08 Å². The maximum absolute atomic E-state index is 13.0. The molecule has 2 aromatic rings. The number of fused-ring (bicyclic) bond motifs is 5. The molecular weight excluding hydrogens is 437 g/mol. The first-order valence-corrected chi connectivity index (χ1v) is 10.9. The maximum Gasteiger partial charge on any atom is 0.338 e. The summed E-state index contributed by atoms with van der Waals surface area (Å²) in [5.41, 5.74) is 2.54. The second-order valence-electron chi connectivity index (χ2n) is 8.30. The molecule has 2 bridgehead atoms. The van der Waals surface area contributed by atoms with Gasteiger partial charge in [0.2, 0.25) is 11.8 Å². The van der Waals surface area contributed by atoms with E-state index in [0.717, 1.165) is 6.42 Å². The fraction of sp³-hybridized carbons (Fsp3) is 0.292. The average molecular weight is 456 g/mol. The predicted octanol–water partition coefficient (Wildman–Crippen LogP) is 5.05. The van der Waals surface area contributed by atoms with Gasteiger partial charge in [-0.05, 0) is 61.6 Å². The molecule has 0 radical (unpaired) electrons. The van der Waals surface area contributed by atoms with Gasteiger partial charge >= 0.3 is 5.97 Å². The minimum Gasteiger partial charge on any atom is -0.457 e. The number of hydrogen-bond acceptors (Lipinski definition) is 4. The largest absolute Gasteiger partial charge is 0.457 e. The normalized spacial score (nSPS) is 26.3. The monoisotopic (exact) mass is 455 g/mol. The molecule has 1 aliphatic heterocycles. The summed E-state index contributed by atoms with van der Waals surface area (Å²) in [5, 5.41) is 0.844. The first-order valence-electron chi connectivity index (χ1n) is 10.1. The van der Waals surface area contributed by atoms with E-state index < -0.39 is 5.97 Å². The number of amides is 2. The summed E-state index contributed by atoms with van der Waals surface area (Å²) in [6, 6.07) is 11.4.